The molecule has 0 spiro atoms. The topological polar surface area (TPSA) is 99.0 Å². The van der Waals surface area contributed by atoms with Crippen LogP contribution in [-0.2, 0) is 4.74 Å². The van der Waals surface area contributed by atoms with Gasteiger partial charge in [0.25, 0.3) is 0 Å². The molecule has 6 nitrogen and oxygen atoms in total. The third kappa shape index (κ3) is 4.17. The fraction of sp³-hybridized carbons (Fsp3) is 0.240. The standard InChI is InChI=1S/C25H24FNO5/c1-14-10-15(26)11-20(23(14)29)24(30)22(28)12-27-25(31)32-13-21-18-8-4-2-6-16(18)17-7-3-5-9-19(17)21/h2-11,21-22,24,28-30H,12-13H2,1H3,(H,27,31). The zero-order valence-corrected chi connectivity index (χ0v) is 17.5. The van der Waals surface area contributed by atoms with Crippen molar-refractivity contribution in [1.29, 1.82) is 0 Å². The van der Waals surface area contributed by atoms with Gasteiger partial charge in [0.1, 0.15) is 30.4 Å². The van der Waals surface area contributed by atoms with Crippen molar-refractivity contribution in [3.63, 3.8) is 0 Å². The summed E-state index contributed by atoms with van der Waals surface area (Å²) in [5.41, 5.74) is 4.46. The molecule has 0 heterocycles. The Morgan fingerprint density at radius 2 is 1.66 bits per heavy atom. The Bertz CT molecular complexity index is 1100. The smallest absolute Gasteiger partial charge is 0.407 e. The van der Waals surface area contributed by atoms with Gasteiger partial charge in [0.2, 0.25) is 0 Å². The number of benzene rings is 3. The summed E-state index contributed by atoms with van der Waals surface area (Å²) in [5.74, 6) is -1.05. The molecule has 1 aliphatic rings. The van der Waals surface area contributed by atoms with Gasteiger partial charge < -0.3 is 25.4 Å². The van der Waals surface area contributed by atoms with Gasteiger partial charge in [0.15, 0.2) is 0 Å². The summed E-state index contributed by atoms with van der Waals surface area (Å²) >= 11 is 0. The molecule has 0 bridgehead atoms. The molecule has 0 saturated carbocycles. The lowest BCUT2D eigenvalue weighted by Gasteiger charge is -2.20. The highest BCUT2D eigenvalue weighted by Gasteiger charge is 2.29. The number of fused-ring (bicyclic) bond motifs is 3. The Kier molecular flexibility index (Phi) is 6.12. The van der Waals surface area contributed by atoms with E-state index < -0.39 is 24.1 Å². The molecule has 4 N–H and O–H groups in total. The van der Waals surface area contributed by atoms with Crippen LogP contribution in [0.2, 0.25) is 0 Å². The van der Waals surface area contributed by atoms with Crippen molar-refractivity contribution in [2.45, 2.75) is 25.0 Å². The molecule has 0 aliphatic heterocycles. The molecular weight excluding hydrogens is 413 g/mol. The Labute approximate surface area is 184 Å². The largest absolute Gasteiger partial charge is 0.507 e. The van der Waals surface area contributed by atoms with Gasteiger partial charge in [-0.3, -0.25) is 0 Å². The fourth-order valence-corrected chi connectivity index (χ4v) is 4.14. The first-order chi connectivity index (χ1) is 15.4. The van der Waals surface area contributed by atoms with Crippen molar-refractivity contribution in [1.82, 2.24) is 5.32 Å². The van der Waals surface area contributed by atoms with Crippen LogP contribution in [0.25, 0.3) is 11.1 Å². The number of amides is 1. The van der Waals surface area contributed by atoms with E-state index in [9.17, 15) is 24.5 Å². The van der Waals surface area contributed by atoms with Crippen molar-refractivity contribution in [3.8, 4) is 16.9 Å². The molecule has 2 atom stereocenters. The van der Waals surface area contributed by atoms with Crippen LogP contribution in [-0.4, -0.2) is 40.7 Å². The number of carbonyl (C=O) groups excluding carboxylic acids is 1. The van der Waals surface area contributed by atoms with Crippen LogP contribution in [0.1, 0.15) is 34.3 Å². The molecule has 166 valence electrons. The Hall–Kier alpha value is -3.42. The van der Waals surface area contributed by atoms with Crippen LogP contribution in [0, 0.1) is 12.7 Å². The van der Waals surface area contributed by atoms with Gasteiger partial charge >= 0.3 is 6.09 Å². The molecule has 1 amide bonds. The molecule has 2 unspecified atom stereocenters. The lowest BCUT2D eigenvalue weighted by atomic mass is 9.98. The Morgan fingerprint density at radius 1 is 1.06 bits per heavy atom. The number of hydrogen-bond acceptors (Lipinski definition) is 5. The predicted octanol–water partition coefficient (Wildman–Crippen LogP) is 3.77. The van der Waals surface area contributed by atoms with E-state index in [2.05, 4.69) is 5.32 Å². The first-order valence-corrected chi connectivity index (χ1v) is 10.3. The van der Waals surface area contributed by atoms with Crippen LogP contribution in [0.15, 0.2) is 60.7 Å². The fourth-order valence-electron chi connectivity index (χ4n) is 4.14. The average Bonchev–Trinajstić information content (AvgIpc) is 3.11. The summed E-state index contributed by atoms with van der Waals surface area (Å²) in [6, 6.07) is 18.0. The number of phenolic OH excluding ortho intramolecular Hbond substituents is 1. The monoisotopic (exact) mass is 437 g/mol. The van der Waals surface area contributed by atoms with Gasteiger partial charge in [0, 0.05) is 18.0 Å². The van der Waals surface area contributed by atoms with Crippen LogP contribution in [0.4, 0.5) is 9.18 Å². The Morgan fingerprint density at radius 3 is 2.28 bits per heavy atom. The maximum atomic E-state index is 13.6. The van der Waals surface area contributed by atoms with Gasteiger partial charge in [-0.05, 0) is 46.9 Å². The zero-order valence-electron chi connectivity index (χ0n) is 17.5. The number of aryl methyl sites for hydroxylation is 1. The molecular formula is C25H24FNO5. The van der Waals surface area contributed by atoms with Gasteiger partial charge in [-0.2, -0.15) is 0 Å². The second-order valence-electron chi connectivity index (χ2n) is 7.88. The van der Waals surface area contributed by atoms with E-state index in [0.717, 1.165) is 34.4 Å². The molecule has 0 aromatic heterocycles. The van der Waals surface area contributed by atoms with E-state index in [1.807, 2.05) is 48.5 Å². The van der Waals surface area contributed by atoms with Gasteiger partial charge in [0.05, 0.1) is 0 Å². The number of aliphatic hydroxyl groups excluding tert-OH is 2. The van der Waals surface area contributed by atoms with E-state index in [1.165, 1.54) is 6.92 Å². The highest BCUT2D eigenvalue weighted by molar-refractivity contribution is 5.79. The number of aliphatic hydroxyl groups is 2. The molecule has 3 aromatic rings. The van der Waals surface area contributed by atoms with Gasteiger partial charge in [-0.25, -0.2) is 9.18 Å². The number of halogens is 1. The minimum Gasteiger partial charge on any atom is -0.507 e. The summed E-state index contributed by atoms with van der Waals surface area (Å²) in [5, 5.41) is 32.9. The summed E-state index contributed by atoms with van der Waals surface area (Å²) in [4.78, 5) is 12.2. The number of carbonyl (C=O) groups is 1. The molecule has 0 fully saturated rings. The number of rotatable bonds is 6. The normalized spacial score (nSPS) is 14.4. The predicted molar refractivity (Wildman–Crippen MR) is 117 cm³/mol. The second kappa shape index (κ2) is 8.98. The first-order valence-electron chi connectivity index (χ1n) is 10.3. The number of hydrogen-bond donors (Lipinski definition) is 4. The number of nitrogens with one attached hydrogen (secondary N) is 1. The third-order valence-corrected chi connectivity index (χ3v) is 5.78. The van der Waals surface area contributed by atoms with Crippen LogP contribution >= 0.6 is 0 Å². The van der Waals surface area contributed by atoms with Crippen molar-refractivity contribution in [2.75, 3.05) is 13.2 Å². The summed E-state index contributed by atoms with van der Waals surface area (Å²) in [6.07, 6.45) is -3.81. The van der Waals surface area contributed by atoms with Crippen molar-refractivity contribution in [2.24, 2.45) is 0 Å². The summed E-state index contributed by atoms with van der Waals surface area (Å²) in [6.45, 7) is 1.26. The number of ether oxygens (including phenoxy) is 1. The van der Waals surface area contributed by atoms with E-state index in [4.69, 9.17) is 4.74 Å². The minimum absolute atomic E-state index is 0.101. The highest BCUT2D eigenvalue weighted by atomic mass is 19.1. The molecule has 32 heavy (non-hydrogen) atoms. The molecule has 7 heteroatoms. The summed E-state index contributed by atoms with van der Waals surface area (Å²) < 4.78 is 19.0. The molecule has 4 rings (SSSR count). The molecule has 3 aromatic carbocycles. The average molecular weight is 437 g/mol. The Balaban J connectivity index is 1.36. The van der Waals surface area contributed by atoms with E-state index >= 15 is 0 Å². The van der Waals surface area contributed by atoms with Crippen LogP contribution in [0.5, 0.6) is 5.75 Å². The molecule has 1 aliphatic carbocycles. The molecule has 0 saturated heterocycles. The van der Waals surface area contributed by atoms with E-state index in [-0.39, 0.29) is 35.9 Å². The SMILES string of the molecule is Cc1cc(F)cc(C(O)C(O)CNC(=O)OCC2c3ccccc3-c3ccccc32)c1O. The second-order valence-corrected chi connectivity index (χ2v) is 7.88. The first kappa shape index (κ1) is 21.8. The van der Waals surface area contributed by atoms with Gasteiger partial charge in [-0.15, -0.1) is 0 Å². The number of alkyl carbamates (subject to hydrolysis) is 1. The summed E-state index contributed by atoms with van der Waals surface area (Å²) in [7, 11) is 0. The third-order valence-electron chi connectivity index (χ3n) is 5.78. The minimum atomic E-state index is -1.58. The van der Waals surface area contributed by atoms with Crippen LogP contribution < -0.4 is 5.32 Å². The van der Waals surface area contributed by atoms with Crippen molar-refractivity contribution >= 4 is 6.09 Å². The van der Waals surface area contributed by atoms with Crippen LogP contribution in [0.3, 0.4) is 0 Å². The lowest BCUT2D eigenvalue weighted by molar-refractivity contribution is 0.0170. The number of phenols is 1. The van der Waals surface area contributed by atoms with E-state index in [0.29, 0.717) is 0 Å². The maximum absolute atomic E-state index is 13.6. The molecule has 0 radical (unpaired) electrons. The number of aromatic hydroxyl groups is 1. The maximum Gasteiger partial charge on any atom is 0.407 e. The highest BCUT2D eigenvalue weighted by Crippen LogP contribution is 2.44. The lowest BCUT2D eigenvalue weighted by Crippen LogP contribution is -2.36. The quantitative estimate of drug-likeness (QED) is 0.471. The van der Waals surface area contributed by atoms with E-state index in [1.54, 1.807) is 0 Å². The van der Waals surface area contributed by atoms with Crippen molar-refractivity contribution < 1.29 is 29.2 Å². The van der Waals surface area contributed by atoms with Gasteiger partial charge in [-0.1, -0.05) is 48.5 Å². The zero-order chi connectivity index (χ0) is 22.8. The van der Waals surface area contributed by atoms with Crippen molar-refractivity contribution in [3.05, 3.63) is 88.7 Å².